The molecule has 0 aliphatic carbocycles. The van der Waals surface area contributed by atoms with Crippen LogP contribution in [0.1, 0.15) is 200 Å². The summed E-state index contributed by atoms with van der Waals surface area (Å²) in [5, 5.41) is 9.59. The Balaban J connectivity index is 1.37. The monoisotopic (exact) mass is 637 g/mol. The van der Waals surface area contributed by atoms with E-state index in [1.54, 1.807) is 0 Å². The quantitative estimate of drug-likeness (QED) is 0.0327. The topological polar surface area (TPSA) is 88.7 Å². The van der Waals surface area contributed by atoms with Gasteiger partial charge in [-0.3, -0.25) is 9.59 Å². The maximum Gasteiger partial charge on any atom is 0.320 e. The highest BCUT2D eigenvalue weighted by Gasteiger charge is 2.38. The molecule has 264 valence electrons. The van der Waals surface area contributed by atoms with Crippen LogP contribution >= 0.6 is 0 Å². The third-order valence-corrected chi connectivity index (χ3v) is 10.0. The van der Waals surface area contributed by atoms with Crippen LogP contribution in [0.4, 0.5) is 0 Å². The molecular formula is C39H72O6. The zero-order valence-electron chi connectivity index (χ0n) is 29.6. The summed E-state index contributed by atoms with van der Waals surface area (Å²) in [6, 6.07) is 0. The van der Waals surface area contributed by atoms with Gasteiger partial charge in [-0.2, -0.15) is 0 Å². The summed E-state index contributed by atoms with van der Waals surface area (Å²) in [7, 11) is 0. The van der Waals surface area contributed by atoms with Crippen LogP contribution in [-0.4, -0.2) is 48.1 Å². The van der Waals surface area contributed by atoms with Crippen molar-refractivity contribution < 1.29 is 28.9 Å². The van der Waals surface area contributed by atoms with Gasteiger partial charge in [0.2, 0.25) is 0 Å². The Bertz CT molecular complexity index is 726. The van der Waals surface area contributed by atoms with Gasteiger partial charge in [0, 0.05) is 0 Å². The van der Waals surface area contributed by atoms with Crippen LogP contribution in [0, 0.1) is 5.92 Å². The summed E-state index contributed by atoms with van der Waals surface area (Å²) in [6.07, 6.45) is 36.7. The molecule has 5 atom stereocenters. The molecule has 2 aliphatic rings. The van der Waals surface area contributed by atoms with E-state index in [4.69, 9.17) is 14.2 Å². The highest BCUT2D eigenvalue weighted by Crippen LogP contribution is 2.33. The number of hydrogen-bond acceptors (Lipinski definition) is 5. The number of hydrogen-bond donors (Lipinski definition) is 1. The molecule has 0 radical (unpaired) electrons. The number of aliphatic carboxylic acids is 1. The van der Waals surface area contributed by atoms with E-state index >= 15 is 0 Å². The summed E-state index contributed by atoms with van der Waals surface area (Å²) in [6.45, 7) is 4.81. The molecule has 2 heterocycles. The summed E-state index contributed by atoms with van der Waals surface area (Å²) in [5.41, 5.74) is 0. The molecule has 0 aromatic heterocycles. The molecule has 0 bridgehead atoms. The Morgan fingerprint density at radius 3 is 1.22 bits per heavy atom. The third kappa shape index (κ3) is 21.4. The van der Waals surface area contributed by atoms with Crippen LogP contribution < -0.4 is 0 Å². The first-order chi connectivity index (χ1) is 22.1. The van der Waals surface area contributed by atoms with Crippen LogP contribution in [0.25, 0.3) is 0 Å². The molecule has 0 saturated carbocycles. The van der Waals surface area contributed by atoms with Crippen molar-refractivity contribution in [3.8, 4) is 0 Å². The molecule has 2 saturated heterocycles. The maximum absolute atomic E-state index is 12.5. The Hall–Kier alpha value is -1.14. The van der Waals surface area contributed by atoms with Crippen molar-refractivity contribution in [3.63, 3.8) is 0 Å². The zero-order chi connectivity index (χ0) is 32.4. The van der Waals surface area contributed by atoms with Crippen LogP contribution in [0.5, 0.6) is 0 Å². The fourth-order valence-corrected chi connectivity index (χ4v) is 6.82. The van der Waals surface area contributed by atoms with Crippen LogP contribution in [0.3, 0.4) is 0 Å². The first-order valence-corrected chi connectivity index (χ1v) is 19.8. The number of unbranched alkanes of at least 4 members (excludes halogenated alkanes) is 20. The highest BCUT2D eigenvalue weighted by atomic mass is 16.6. The summed E-state index contributed by atoms with van der Waals surface area (Å²) in [4.78, 5) is 24.2. The van der Waals surface area contributed by atoms with Crippen molar-refractivity contribution in [2.24, 2.45) is 5.92 Å². The summed E-state index contributed by atoms with van der Waals surface area (Å²) >= 11 is 0. The third-order valence-electron chi connectivity index (χ3n) is 10.0. The standard InChI is InChI=1S/C39H72O6/c1-3-5-7-9-11-13-15-17-19-21-23-28-34-36(44-34)30-25-27-33(38(40)41)39(42)43-32-26-31-37-35(45-37)29-24-22-20-18-16-14-12-10-8-6-4-2/h33-37H,3-32H2,1-2H3,(H,40,41). The van der Waals surface area contributed by atoms with E-state index in [-0.39, 0.29) is 12.7 Å². The minimum absolute atomic E-state index is 0.246. The molecule has 0 aromatic carbocycles. The van der Waals surface area contributed by atoms with Crippen LogP contribution in [0.15, 0.2) is 0 Å². The number of epoxide rings is 2. The first-order valence-electron chi connectivity index (χ1n) is 19.8. The Kier molecular flexibility index (Phi) is 23.9. The molecule has 6 nitrogen and oxygen atoms in total. The minimum atomic E-state index is -1.08. The van der Waals surface area contributed by atoms with E-state index in [0.717, 1.165) is 32.1 Å². The average Bonchev–Trinajstić information content (AvgIpc) is 3.96. The van der Waals surface area contributed by atoms with E-state index < -0.39 is 17.9 Å². The SMILES string of the molecule is CCCCCCCCCCCCCC1OC1CCCOC(=O)C(CCCC1OC1CCCCCCCCCCCCC)C(=O)O. The molecule has 1 N–H and O–H groups in total. The lowest BCUT2D eigenvalue weighted by Crippen LogP contribution is -2.26. The Morgan fingerprint density at radius 1 is 0.511 bits per heavy atom. The maximum atomic E-state index is 12.5. The van der Waals surface area contributed by atoms with Crippen molar-refractivity contribution in [2.75, 3.05) is 6.61 Å². The lowest BCUT2D eigenvalue weighted by atomic mass is 9.99. The van der Waals surface area contributed by atoms with Crippen molar-refractivity contribution in [1.82, 2.24) is 0 Å². The van der Waals surface area contributed by atoms with Gasteiger partial charge in [-0.05, 0) is 44.9 Å². The molecule has 45 heavy (non-hydrogen) atoms. The number of carboxylic acid groups (broad SMARTS) is 1. The predicted molar refractivity (Wildman–Crippen MR) is 185 cm³/mol. The van der Waals surface area contributed by atoms with Crippen molar-refractivity contribution in [3.05, 3.63) is 0 Å². The molecule has 6 heteroatoms. The van der Waals surface area contributed by atoms with E-state index in [1.807, 2.05) is 0 Å². The van der Waals surface area contributed by atoms with Gasteiger partial charge in [0.1, 0.15) is 0 Å². The zero-order valence-corrected chi connectivity index (χ0v) is 29.6. The van der Waals surface area contributed by atoms with Gasteiger partial charge >= 0.3 is 11.9 Å². The fraction of sp³-hybridized carbons (Fsp3) is 0.949. The van der Waals surface area contributed by atoms with Gasteiger partial charge < -0.3 is 19.3 Å². The number of rotatable bonds is 34. The van der Waals surface area contributed by atoms with E-state index in [9.17, 15) is 14.7 Å². The molecule has 2 aliphatic heterocycles. The van der Waals surface area contributed by atoms with E-state index in [2.05, 4.69) is 13.8 Å². The molecular weight excluding hydrogens is 564 g/mol. The molecule has 0 amide bonds. The molecule has 5 unspecified atom stereocenters. The van der Waals surface area contributed by atoms with E-state index in [0.29, 0.717) is 31.2 Å². The molecule has 2 rings (SSSR count). The number of carbonyl (C=O) groups excluding carboxylic acids is 1. The summed E-state index contributed by atoms with van der Waals surface area (Å²) in [5.74, 6) is -2.74. The average molecular weight is 637 g/mol. The van der Waals surface area contributed by atoms with Gasteiger partial charge in [-0.25, -0.2) is 0 Å². The van der Waals surface area contributed by atoms with Gasteiger partial charge in [-0.1, -0.05) is 155 Å². The molecule has 0 spiro atoms. The number of carbonyl (C=O) groups is 2. The van der Waals surface area contributed by atoms with E-state index in [1.165, 1.54) is 141 Å². The fourth-order valence-electron chi connectivity index (χ4n) is 6.82. The van der Waals surface area contributed by atoms with Crippen LogP contribution in [0.2, 0.25) is 0 Å². The van der Waals surface area contributed by atoms with Crippen molar-refractivity contribution in [1.29, 1.82) is 0 Å². The second kappa shape index (κ2) is 26.9. The minimum Gasteiger partial charge on any atom is -0.481 e. The van der Waals surface area contributed by atoms with Gasteiger partial charge in [0.05, 0.1) is 31.0 Å². The number of ether oxygens (including phenoxy) is 3. The van der Waals surface area contributed by atoms with Gasteiger partial charge in [0.25, 0.3) is 0 Å². The van der Waals surface area contributed by atoms with Gasteiger partial charge in [-0.15, -0.1) is 0 Å². The second-order valence-electron chi connectivity index (χ2n) is 14.2. The number of esters is 1. The van der Waals surface area contributed by atoms with Crippen LogP contribution in [-0.2, 0) is 23.8 Å². The normalized spacial score (nSPS) is 21.1. The van der Waals surface area contributed by atoms with Crippen molar-refractivity contribution >= 4 is 11.9 Å². The largest absolute Gasteiger partial charge is 0.481 e. The van der Waals surface area contributed by atoms with Gasteiger partial charge in [0.15, 0.2) is 5.92 Å². The lowest BCUT2D eigenvalue weighted by Gasteiger charge is -2.11. The Morgan fingerprint density at radius 2 is 0.844 bits per heavy atom. The second-order valence-corrected chi connectivity index (χ2v) is 14.2. The van der Waals surface area contributed by atoms with Crippen molar-refractivity contribution in [2.45, 2.75) is 224 Å². The highest BCUT2D eigenvalue weighted by molar-refractivity contribution is 5.93. The smallest absolute Gasteiger partial charge is 0.320 e. The molecule has 0 aromatic rings. The predicted octanol–water partition coefficient (Wildman–Crippen LogP) is 11.1. The number of carboxylic acids is 1. The molecule has 2 fully saturated rings. The Labute approximate surface area is 277 Å². The first kappa shape index (κ1) is 40.0. The lowest BCUT2D eigenvalue weighted by molar-refractivity contribution is -0.159. The summed E-state index contributed by atoms with van der Waals surface area (Å²) < 4.78 is 17.0.